The second-order valence-corrected chi connectivity index (χ2v) is 3.57. The van der Waals surface area contributed by atoms with E-state index in [4.69, 9.17) is 10.8 Å². The largest absolute Gasteiger partial charge is 2.00 e. The van der Waals surface area contributed by atoms with Crippen LogP contribution in [0.2, 0.25) is 0 Å². The molecule has 0 aromatic rings. The Kier molecular flexibility index (Phi) is 23.3. The molecule has 0 spiro atoms. The Bertz CT molecular complexity index is 161. The van der Waals surface area contributed by atoms with Crippen LogP contribution < -0.4 is 30.5 Å². The number of hydrogen-bond acceptors (Lipinski definition) is 3. The molecule has 0 aliphatic carbocycles. The third-order valence-corrected chi connectivity index (χ3v) is 1.84. The molecule has 1 unspecified atom stereocenters. The van der Waals surface area contributed by atoms with E-state index in [0.717, 1.165) is 0 Å². The number of halogens is 2. The molecule has 0 aromatic carbocycles. The molecule has 0 saturated carbocycles. The van der Waals surface area contributed by atoms with Gasteiger partial charge in [0.15, 0.2) is 0 Å². The van der Waals surface area contributed by atoms with E-state index < -0.39 is 22.8 Å². The van der Waals surface area contributed by atoms with E-state index in [2.05, 4.69) is 0 Å². The molecule has 2 atom stereocenters. The maximum Gasteiger partial charge on any atom is 2.00 e. The summed E-state index contributed by atoms with van der Waals surface area (Å²) in [6.07, 6.45) is 1.80. The van der Waals surface area contributed by atoms with E-state index in [1.165, 1.54) is 6.26 Å². The first-order chi connectivity index (χ1) is 4.54. The van der Waals surface area contributed by atoms with E-state index in [1.54, 1.807) is 0 Å². The van der Waals surface area contributed by atoms with Gasteiger partial charge in [-0.2, -0.15) is 0 Å². The van der Waals surface area contributed by atoms with Crippen molar-refractivity contribution in [3.63, 3.8) is 0 Å². The van der Waals surface area contributed by atoms with Gasteiger partial charge in [-0.05, 0) is 6.42 Å². The molecule has 84 valence electrons. The van der Waals surface area contributed by atoms with Crippen LogP contribution in [0.15, 0.2) is 0 Å². The SMILES string of the molecule is CS(=O)CC[C@H](N)C(=O)O.[Cl-].[Cl-].[Pt+2]. The summed E-state index contributed by atoms with van der Waals surface area (Å²) in [5, 5.41) is 8.27. The van der Waals surface area contributed by atoms with Gasteiger partial charge in [-0.15, -0.1) is 0 Å². The van der Waals surface area contributed by atoms with E-state index in [1.807, 2.05) is 0 Å². The van der Waals surface area contributed by atoms with Crippen LogP contribution in [-0.2, 0) is 36.7 Å². The van der Waals surface area contributed by atoms with Crippen molar-refractivity contribution in [2.24, 2.45) is 5.73 Å². The van der Waals surface area contributed by atoms with Crippen LogP contribution in [0.5, 0.6) is 0 Å². The average molecular weight is 431 g/mol. The smallest absolute Gasteiger partial charge is 1.00 e. The van der Waals surface area contributed by atoms with Gasteiger partial charge in [-0.1, -0.05) is 0 Å². The second-order valence-electron chi connectivity index (χ2n) is 2.01. The first-order valence-electron chi connectivity index (χ1n) is 2.82. The number of nitrogens with two attached hydrogens (primary N) is 1. The van der Waals surface area contributed by atoms with Gasteiger partial charge in [0.2, 0.25) is 0 Å². The maximum absolute atomic E-state index is 10.4. The van der Waals surface area contributed by atoms with E-state index >= 15 is 0 Å². The van der Waals surface area contributed by atoms with Gasteiger partial charge in [-0.25, -0.2) is 0 Å². The van der Waals surface area contributed by atoms with Crippen LogP contribution in [0, 0.1) is 0 Å². The second kappa shape index (κ2) is 12.8. The summed E-state index contributed by atoms with van der Waals surface area (Å²) in [5.41, 5.74) is 5.13. The van der Waals surface area contributed by atoms with Crippen molar-refractivity contribution in [3.8, 4) is 0 Å². The van der Waals surface area contributed by atoms with E-state index in [0.29, 0.717) is 5.75 Å². The van der Waals surface area contributed by atoms with Gasteiger partial charge < -0.3 is 35.7 Å². The number of rotatable bonds is 4. The molecule has 8 heteroatoms. The summed E-state index contributed by atoms with van der Waals surface area (Å²) in [4.78, 5) is 10.1. The number of carboxylic acid groups (broad SMARTS) is 1. The van der Waals surface area contributed by atoms with Crippen molar-refractivity contribution in [2.45, 2.75) is 12.5 Å². The fourth-order valence-electron chi connectivity index (χ4n) is 0.416. The minimum atomic E-state index is -1.04. The van der Waals surface area contributed by atoms with Gasteiger partial charge in [0.05, 0.1) is 0 Å². The molecule has 0 rings (SSSR count). The van der Waals surface area contributed by atoms with Crippen LogP contribution in [0.25, 0.3) is 0 Å². The number of hydrogen-bond donors (Lipinski definition) is 2. The van der Waals surface area contributed by atoms with Crippen LogP contribution >= 0.6 is 0 Å². The normalized spacial score (nSPS) is 12.5. The van der Waals surface area contributed by atoms with Crippen molar-refractivity contribution in [2.75, 3.05) is 12.0 Å². The molecule has 0 radical (unpaired) electrons. The fraction of sp³-hybridized carbons (Fsp3) is 0.800. The van der Waals surface area contributed by atoms with Crippen molar-refractivity contribution in [1.29, 1.82) is 0 Å². The van der Waals surface area contributed by atoms with Crippen LogP contribution in [0.1, 0.15) is 6.42 Å². The molecule has 0 aliphatic heterocycles. The van der Waals surface area contributed by atoms with Gasteiger partial charge in [0.1, 0.15) is 6.04 Å². The van der Waals surface area contributed by atoms with Gasteiger partial charge >= 0.3 is 27.0 Å². The Morgan fingerprint density at radius 2 is 1.92 bits per heavy atom. The predicted molar refractivity (Wildman–Crippen MR) is 39.2 cm³/mol. The molecule has 0 aliphatic rings. The van der Waals surface area contributed by atoms with Crippen LogP contribution in [0.3, 0.4) is 0 Å². The number of aliphatic carboxylic acids is 1. The molecule has 0 bridgehead atoms. The third-order valence-electron chi connectivity index (χ3n) is 1.03. The summed E-state index contributed by atoms with van der Waals surface area (Å²) < 4.78 is 10.4. The zero-order chi connectivity index (χ0) is 8.15. The standard InChI is InChI=1S/C5H11NO3S.2ClH.Pt/c1-10(9)3-2-4(6)5(7)8;;;/h4H,2-3,6H2,1H3,(H,7,8);2*1H;/q;;;+2/p-2/t4-,10?;;;/m0.../s1. The van der Waals surface area contributed by atoms with Crippen LogP contribution in [0.4, 0.5) is 0 Å². The zero-order valence-electron chi connectivity index (χ0n) is 6.81. The van der Waals surface area contributed by atoms with Crippen molar-refractivity contribution >= 4 is 16.8 Å². The summed E-state index contributed by atoms with van der Waals surface area (Å²) in [6.45, 7) is 0. The zero-order valence-corrected chi connectivity index (χ0v) is 11.4. The van der Waals surface area contributed by atoms with Gasteiger partial charge in [0.25, 0.3) is 0 Å². The minimum absolute atomic E-state index is 0. The number of carbonyl (C=O) groups is 1. The average Bonchev–Trinajstić information content (AvgIpc) is 1.82. The quantitative estimate of drug-likeness (QED) is 0.464. The molecule has 0 heterocycles. The number of carboxylic acids is 1. The van der Waals surface area contributed by atoms with Crippen molar-refractivity contribution in [1.82, 2.24) is 0 Å². The topological polar surface area (TPSA) is 80.4 Å². The minimum Gasteiger partial charge on any atom is -1.00 e. The first-order valence-corrected chi connectivity index (χ1v) is 4.55. The molecule has 3 N–H and O–H groups in total. The summed E-state index contributed by atoms with van der Waals surface area (Å²) in [7, 11) is -0.946. The Morgan fingerprint density at radius 1 is 1.54 bits per heavy atom. The Morgan fingerprint density at radius 3 is 2.15 bits per heavy atom. The molecule has 13 heavy (non-hydrogen) atoms. The predicted octanol–water partition coefficient (Wildman–Crippen LogP) is -6.83. The molecule has 0 aromatic heterocycles. The van der Waals surface area contributed by atoms with Crippen molar-refractivity contribution < 1.29 is 60.0 Å². The first kappa shape index (κ1) is 23.6. The third kappa shape index (κ3) is 15.6. The molecular weight excluding hydrogens is 420 g/mol. The summed E-state index contributed by atoms with van der Waals surface area (Å²) in [5.74, 6) is -0.682. The molecule has 0 saturated heterocycles. The van der Waals surface area contributed by atoms with Crippen LogP contribution in [-0.4, -0.2) is 33.3 Å². The Labute approximate surface area is 107 Å². The molecular formula is C5H11Cl2NO3PtS. The fourth-order valence-corrected chi connectivity index (χ4v) is 1.00. The van der Waals surface area contributed by atoms with Gasteiger partial charge in [-0.3, -0.25) is 9.00 Å². The maximum atomic E-state index is 10.4. The monoisotopic (exact) mass is 430 g/mol. The Balaban J connectivity index is -0.000000135. The molecule has 0 amide bonds. The van der Waals surface area contributed by atoms with E-state index in [-0.39, 0.29) is 52.3 Å². The van der Waals surface area contributed by atoms with Gasteiger partial charge in [0, 0.05) is 22.8 Å². The molecule has 4 nitrogen and oxygen atoms in total. The summed E-state index contributed by atoms with van der Waals surface area (Å²) in [6, 6.07) is -0.871. The Hall–Kier alpha value is 0.848. The van der Waals surface area contributed by atoms with Crippen molar-refractivity contribution in [3.05, 3.63) is 0 Å². The van der Waals surface area contributed by atoms with E-state index in [9.17, 15) is 9.00 Å². The summed E-state index contributed by atoms with van der Waals surface area (Å²) >= 11 is 0. The molecule has 0 fully saturated rings.